The van der Waals surface area contributed by atoms with Crippen LogP contribution in [-0.2, 0) is 0 Å². The van der Waals surface area contributed by atoms with Crippen molar-refractivity contribution in [2.75, 3.05) is 0 Å². The lowest BCUT2D eigenvalue weighted by Gasteiger charge is -1.99. The van der Waals surface area contributed by atoms with Gasteiger partial charge in [0.05, 0.1) is 5.56 Å². The monoisotopic (exact) mass is 278 g/mol. The Balaban J connectivity index is 2.23. The van der Waals surface area contributed by atoms with Gasteiger partial charge in [-0.05, 0) is 42.0 Å². The van der Waals surface area contributed by atoms with Gasteiger partial charge < -0.3 is 0 Å². The van der Waals surface area contributed by atoms with Crippen molar-refractivity contribution in [3.05, 3.63) is 76.3 Å². The molecule has 0 bridgehead atoms. The molecule has 2 aromatic carbocycles. The molecule has 0 aliphatic carbocycles. The second-order valence-electron chi connectivity index (χ2n) is 3.88. The summed E-state index contributed by atoms with van der Waals surface area (Å²) in [5, 5.41) is 0.534. The van der Waals surface area contributed by atoms with Crippen LogP contribution in [0.5, 0.6) is 0 Å². The molecular weight excluding hydrogens is 270 g/mol. The molecule has 0 fully saturated rings. The van der Waals surface area contributed by atoms with Crippen LogP contribution < -0.4 is 0 Å². The van der Waals surface area contributed by atoms with E-state index in [2.05, 4.69) is 0 Å². The predicted molar refractivity (Wildman–Crippen MR) is 71.2 cm³/mol. The molecule has 96 valence electrons. The molecule has 0 N–H and O–H groups in total. The van der Waals surface area contributed by atoms with Crippen LogP contribution in [0.25, 0.3) is 6.08 Å². The van der Waals surface area contributed by atoms with E-state index >= 15 is 0 Å². The van der Waals surface area contributed by atoms with E-state index in [0.717, 1.165) is 18.2 Å². The zero-order valence-electron chi connectivity index (χ0n) is 9.74. The van der Waals surface area contributed by atoms with Gasteiger partial charge in [0.2, 0.25) is 0 Å². The Morgan fingerprint density at radius 3 is 2.63 bits per heavy atom. The fourth-order valence-corrected chi connectivity index (χ4v) is 1.76. The van der Waals surface area contributed by atoms with Gasteiger partial charge in [-0.3, -0.25) is 4.79 Å². The molecule has 0 radical (unpaired) electrons. The molecule has 0 saturated heterocycles. The lowest BCUT2D eigenvalue weighted by atomic mass is 10.1. The minimum Gasteiger partial charge on any atom is -0.289 e. The van der Waals surface area contributed by atoms with Gasteiger partial charge in [-0.2, -0.15) is 0 Å². The third-order valence-corrected chi connectivity index (χ3v) is 2.70. The average molecular weight is 279 g/mol. The van der Waals surface area contributed by atoms with Crippen molar-refractivity contribution in [3.63, 3.8) is 0 Å². The van der Waals surface area contributed by atoms with Crippen molar-refractivity contribution < 1.29 is 13.6 Å². The second kappa shape index (κ2) is 5.76. The van der Waals surface area contributed by atoms with Crippen molar-refractivity contribution in [2.45, 2.75) is 0 Å². The van der Waals surface area contributed by atoms with Crippen LogP contribution in [0.1, 0.15) is 15.9 Å². The molecule has 1 nitrogen and oxygen atoms in total. The van der Waals surface area contributed by atoms with Crippen LogP contribution in [0, 0.1) is 11.6 Å². The van der Waals surface area contributed by atoms with Gasteiger partial charge in [-0.15, -0.1) is 0 Å². The number of halogens is 3. The summed E-state index contributed by atoms with van der Waals surface area (Å²) < 4.78 is 26.3. The number of carbonyl (C=O) groups is 1. The Hall–Kier alpha value is -2.00. The van der Waals surface area contributed by atoms with Crippen LogP contribution in [0.3, 0.4) is 0 Å². The third kappa shape index (κ3) is 3.48. The van der Waals surface area contributed by atoms with Gasteiger partial charge in [0.1, 0.15) is 11.6 Å². The maximum absolute atomic E-state index is 13.4. The fraction of sp³-hybridized carbons (Fsp3) is 0. The summed E-state index contributed by atoms with van der Waals surface area (Å²) in [5.41, 5.74) is 0.413. The summed E-state index contributed by atoms with van der Waals surface area (Å²) in [5.74, 6) is -2.00. The maximum Gasteiger partial charge on any atom is 0.188 e. The summed E-state index contributed by atoms with van der Waals surface area (Å²) in [4.78, 5) is 11.7. The van der Waals surface area contributed by atoms with Gasteiger partial charge in [-0.1, -0.05) is 29.8 Å². The zero-order chi connectivity index (χ0) is 13.8. The Morgan fingerprint density at radius 1 is 1.11 bits per heavy atom. The normalized spacial score (nSPS) is 10.9. The first-order valence-electron chi connectivity index (χ1n) is 5.49. The topological polar surface area (TPSA) is 17.1 Å². The summed E-state index contributed by atoms with van der Waals surface area (Å²) in [6, 6.07) is 9.61. The maximum atomic E-state index is 13.4. The number of carbonyl (C=O) groups excluding carboxylic acids is 1. The average Bonchev–Trinajstić information content (AvgIpc) is 2.39. The number of benzene rings is 2. The van der Waals surface area contributed by atoms with Crippen LogP contribution in [-0.4, -0.2) is 5.78 Å². The highest BCUT2D eigenvalue weighted by Gasteiger charge is 2.09. The minimum atomic E-state index is -0.748. The van der Waals surface area contributed by atoms with Crippen LogP contribution >= 0.6 is 11.6 Å². The predicted octanol–water partition coefficient (Wildman–Crippen LogP) is 4.51. The first-order valence-corrected chi connectivity index (χ1v) is 5.87. The number of hydrogen-bond donors (Lipinski definition) is 0. The van der Waals surface area contributed by atoms with E-state index in [0.29, 0.717) is 10.6 Å². The first-order chi connectivity index (χ1) is 9.06. The van der Waals surface area contributed by atoms with Gasteiger partial charge in [0.25, 0.3) is 0 Å². The van der Waals surface area contributed by atoms with Crippen LogP contribution in [0.4, 0.5) is 8.78 Å². The van der Waals surface area contributed by atoms with Crippen molar-refractivity contribution in [3.8, 4) is 0 Å². The standard InChI is InChI=1S/C15H9ClF2O/c16-11-3-1-2-10(8-11)4-7-15(19)13-9-12(17)5-6-14(13)18/h1-9H/b7-4+. The van der Waals surface area contributed by atoms with Gasteiger partial charge in [0.15, 0.2) is 5.78 Å². The van der Waals surface area contributed by atoms with Crippen molar-refractivity contribution in [1.29, 1.82) is 0 Å². The molecule has 2 rings (SSSR count). The zero-order valence-corrected chi connectivity index (χ0v) is 10.5. The van der Waals surface area contributed by atoms with Crippen molar-refractivity contribution >= 4 is 23.5 Å². The van der Waals surface area contributed by atoms with E-state index in [9.17, 15) is 13.6 Å². The van der Waals surface area contributed by atoms with Crippen LogP contribution in [0.2, 0.25) is 5.02 Å². The quantitative estimate of drug-likeness (QED) is 0.596. The summed E-state index contributed by atoms with van der Waals surface area (Å²) >= 11 is 5.79. The SMILES string of the molecule is O=C(/C=C/c1cccc(Cl)c1)c1cc(F)ccc1F. The second-order valence-corrected chi connectivity index (χ2v) is 4.31. The third-order valence-electron chi connectivity index (χ3n) is 2.47. The highest BCUT2D eigenvalue weighted by atomic mass is 35.5. The van der Waals surface area contributed by atoms with Gasteiger partial charge in [0, 0.05) is 5.02 Å². The molecule has 0 aliphatic rings. The largest absolute Gasteiger partial charge is 0.289 e. The molecule has 0 amide bonds. The Labute approximate surface area is 114 Å². The van der Waals surface area contributed by atoms with E-state index in [-0.39, 0.29) is 5.56 Å². The van der Waals surface area contributed by atoms with Crippen LogP contribution in [0.15, 0.2) is 48.5 Å². The molecular formula is C15H9ClF2O. The molecule has 4 heteroatoms. The molecule has 0 atom stereocenters. The first kappa shape index (κ1) is 13.4. The molecule has 0 saturated carbocycles. The number of allylic oxidation sites excluding steroid dienone is 1. The summed E-state index contributed by atoms with van der Waals surface area (Å²) in [6.07, 6.45) is 2.68. The summed E-state index contributed by atoms with van der Waals surface area (Å²) in [6.45, 7) is 0. The molecule has 0 spiro atoms. The van der Waals surface area contributed by atoms with E-state index in [1.807, 2.05) is 0 Å². The lowest BCUT2D eigenvalue weighted by Crippen LogP contribution is -1.99. The Bertz CT molecular complexity index is 650. The molecule has 19 heavy (non-hydrogen) atoms. The van der Waals surface area contributed by atoms with Gasteiger partial charge in [-0.25, -0.2) is 8.78 Å². The highest BCUT2D eigenvalue weighted by Crippen LogP contribution is 2.14. The van der Waals surface area contributed by atoms with Crippen molar-refractivity contribution in [1.82, 2.24) is 0 Å². The van der Waals surface area contributed by atoms with E-state index < -0.39 is 17.4 Å². The van der Waals surface area contributed by atoms with Gasteiger partial charge >= 0.3 is 0 Å². The molecule has 0 heterocycles. The molecule has 2 aromatic rings. The van der Waals surface area contributed by atoms with E-state index in [1.54, 1.807) is 24.3 Å². The molecule has 0 aliphatic heterocycles. The minimum absolute atomic E-state index is 0.293. The highest BCUT2D eigenvalue weighted by molar-refractivity contribution is 6.30. The Morgan fingerprint density at radius 2 is 1.89 bits per heavy atom. The number of rotatable bonds is 3. The lowest BCUT2D eigenvalue weighted by molar-refractivity contribution is 0.104. The van der Waals surface area contributed by atoms with E-state index in [1.165, 1.54) is 12.2 Å². The molecule has 0 unspecified atom stereocenters. The molecule has 0 aromatic heterocycles. The smallest absolute Gasteiger partial charge is 0.188 e. The fourth-order valence-electron chi connectivity index (χ4n) is 1.56. The summed E-state index contributed by atoms with van der Waals surface area (Å²) in [7, 11) is 0. The van der Waals surface area contributed by atoms with E-state index in [4.69, 9.17) is 11.6 Å². The Kier molecular flexibility index (Phi) is 4.07. The number of ketones is 1. The van der Waals surface area contributed by atoms with Crippen molar-refractivity contribution in [2.24, 2.45) is 0 Å². The number of hydrogen-bond acceptors (Lipinski definition) is 1.